The summed E-state index contributed by atoms with van der Waals surface area (Å²) in [4.78, 5) is 15.0. The molecule has 0 spiro atoms. The third kappa shape index (κ3) is 3.44. The Morgan fingerprint density at radius 1 is 1.26 bits per heavy atom. The van der Waals surface area contributed by atoms with Crippen LogP contribution in [0.2, 0.25) is 0 Å². The third-order valence-electron chi connectivity index (χ3n) is 3.05. The number of aromatic nitrogens is 3. The minimum Gasteiger partial charge on any atom is -0.376 e. The number of hydrogen-bond donors (Lipinski definition) is 2. The molecule has 7 heteroatoms. The van der Waals surface area contributed by atoms with Gasteiger partial charge in [0, 0.05) is 27.2 Å². The lowest BCUT2D eigenvalue weighted by Crippen LogP contribution is -2.28. The highest BCUT2D eigenvalue weighted by Crippen LogP contribution is 2.18. The second kappa shape index (κ2) is 6.01. The molecule has 1 saturated heterocycles. The summed E-state index contributed by atoms with van der Waals surface area (Å²) in [5.41, 5.74) is 0. The molecule has 2 heterocycles. The average molecular weight is 266 g/mol. The summed E-state index contributed by atoms with van der Waals surface area (Å²) in [6.07, 6.45) is 1.16. The van der Waals surface area contributed by atoms with Crippen LogP contribution in [0.3, 0.4) is 0 Å². The summed E-state index contributed by atoms with van der Waals surface area (Å²) >= 11 is 0. The zero-order chi connectivity index (χ0) is 13.8. The predicted octanol–water partition coefficient (Wildman–Crippen LogP) is 0.959. The van der Waals surface area contributed by atoms with Gasteiger partial charge in [-0.05, 0) is 20.3 Å². The van der Waals surface area contributed by atoms with Crippen LogP contribution in [0.5, 0.6) is 0 Å². The third-order valence-corrected chi connectivity index (χ3v) is 3.05. The molecule has 0 aliphatic carbocycles. The van der Waals surface area contributed by atoms with Gasteiger partial charge in [-0.2, -0.15) is 15.0 Å². The predicted molar refractivity (Wildman–Crippen MR) is 75.8 cm³/mol. The van der Waals surface area contributed by atoms with Gasteiger partial charge in [0.25, 0.3) is 0 Å². The molecule has 1 fully saturated rings. The molecular weight excluding hydrogens is 244 g/mol. The Balaban J connectivity index is 2.18. The molecule has 1 aromatic rings. The number of rotatable bonds is 5. The maximum absolute atomic E-state index is 5.53. The first-order valence-corrected chi connectivity index (χ1v) is 6.65. The fourth-order valence-electron chi connectivity index (χ4n) is 1.95. The van der Waals surface area contributed by atoms with Crippen molar-refractivity contribution in [2.75, 3.05) is 42.8 Å². The van der Waals surface area contributed by atoms with Crippen molar-refractivity contribution >= 4 is 17.8 Å². The van der Waals surface area contributed by atoms with E-state index in [0.29, 0.717) is 17.8 Å². The van der Waals surface area contributed by atoms with Crippen molar-refractivity contribution < 1.29 is 4.74 Å². The quantitative estimate of drug-likeness (QED) is 0.822. The fraction of sp³-hybridized carbons (Fsp3) is 0.750. The molecule has 1 aromatic heterocycles. The van der Waals surface area contributed by atoms with Crippen molar-refractivity contribution in [3.05, 3.63) is 0 Å². The molecule has 2 unspecified atom stereocenters. The summed E-state index contributed by atoms with van der Waals surface area (Å²) < 4.78 is 5.53. The topological polar surface area (TPSA) is 75.2 Å². The van der Waals surface area contributed by atoms with Crippen molar-refractivity contribution in [2.45, 2.75) is 32.4 Å². The van der Waals surface area contributed by atoms with Gasteiger partial charge in [-0.3, -0.25) is 0 Å². The van der Waals surface area contributed by atoms with Gasteiger partial charge in [0.05, 0.1) is 12.1 Å². The monoisotopic (exact) mass is 266 g/mol. The molecule has 0 saturated carbocycles. The lowest BCUT2D eigenvalue weighted by atomic mass is 10.2. The van der Waals surface area contributed by atoms with Gasteiger partial charge in [0.1, 0.15) is 0 Å². The van der Waals surface area contributed by atoms with Crippen molar-refractivity contribution in [1.82, 2.24) is 15.0 Å². The summed E-state index contributed by atoms with van der Waals surface area (Å²) in [5, 5.41) is 6.45. The van der Waals surface area contributed by atoms with Gasteiger partial charge in [0.15, 0.2) is 0 Å². The fourth-order valence-corrected chi connectivity index (χ4v) is 1.95. The van der Waals surface area contributed by atoms with Crippen LogP contribution in [0.1, 0.15) is 20.3 Å². The SMILES string of the molecule is CCNc1nc(NC2CCOC2C)nc(N(C)C)n1. The molecule has 2 atom stereocenters. The first kappa shape index (κ1) is 13.8. The molecule has 106 valence electrons. The van der Waals surface area contributed by atoms with Crippen molar-refractivity contribution in [3.8, 4) is 0 Å². The van der Waals surface area contributed by atoms with E-state index < -0.39 is 0 Å². The van der Waals surface area contributed by atoms with E-state index in [1.807, 2.05) is 25.9 Å². The molecule has 19 heavy (non-hydrogen) atoms. The Hall–Kier alpha value is -1.63. The van der Waals surface area contributed by atoms with E-state index in [1.54, 1.807) is 0 Å². The van der Waals surface area contributed by atoms with Gasteiger partial charge in [-0.15, -0.1) is 0 Å². The Bertz CT molecular complexity index is 425. The second-order valence-electron chi connectivity index (χ2n) is 4.82. The van der Waals surface area contributed by atoms with Crippen LogP contribution in [0.15, 0.2) is 0 Å². The van der Waals surface area contributed by atoms with E-state index in [1.165, 1.54) is 0 Å². The number of nitrogens with zero attached hydrogens (tertiary/aromatic N) is 4. The molecule has 1 aliphatic heterocycles. The summed E-state index contributed by atoms with van der Waals surface area (Å²) in [6.45, 7) is 5.63. The molecule has 0 amide bonds. The van der Waals surface area contributed by atoms with E-state index in [4.69, 9.17) is 4.74 Å². The number of nitrogens with one attached hydrogen (secondary N) is 2. The van der Waals surface area contributed by atoms with Crippen LogP contribution in [0.25, 0.3) is 0 Å². The minimum atomic E-state index is 0.183. The Labute approximate surface area is 113 Å². The molecule has 2 N–H and O–H groups in total. The van der Waals surface area contributed by atoms with Crippen molar-refractivity contribution in [2.24, 2.45) is 0 Å². The molecule has 0 radical (unpaired) electrons. The van der Waals surface area contributed by atoms with Crippen molar-refractivity contribution in [1.29, 1.82) is 0 Å². The van der Waals surface area contributed by atoms with Crippen LogP contribution in [-0.2, 0) is 4.74 Å². The van der Waals surface area contributed by atoms with E-state index in [2.05, 4.69) is 32.5 Å². The van der Waals surface area contributed by atoms with Crippen molar-refractivity contribution in [3.63, 3.8) is 0 Å². The van der Waals surface area contributed by atoms with Crippen LogP contribution in [-0.4, -0.2) is 54.3 Å². The van der Waals surface area contributed by atoms with E-state index in [0.717, 1.165) is 19.6 Å². The largest absolute Gasteiger partial charge is 0.376 e. The molecular formula is C12H22N6O. The molecule has 1 aliphatic rings. The zero-order valence-corrected chi connectivity index (χ0v) is 12.0. The molecule has 7 nitrogen and oxygen atoms in total. The lowest BCUT2D eigenvalue weighted by Gasteiger charge is -2.18. The molecule has 0 bridgehead atoms. The maximum atomic E-state index is 5.53. The zero-order valence-electron chi connectivity index (χ0n) is 12.0. The van der Waals surface area contributed by atoms with E-state index >= 15 is 0 Å². The highest BCUT2D eigenvalue weighted by molar-refractivity contribution is 5.43. The highest BCUT2D eigenvalue weighted by atomic mass is 16.5. The molecule has 0 aromatic carbocycles. The van der Waals surface area contributed by atoms with Gasteiger partial charge in [0.2, 0.25) is 17.8 Å². The van der Waals surface area contributed by atoms with Gasteiger partial charge in [-0.1, -0.05) is 0 Å². The average Bonchev–Trinajstić information content (AvgIpc) is 2.75. The first-order chi connectivity index (χ1) is 9.10. The number of ether oxygens (including phenoxy) is 1. The van der Waals surface area contributed by atoms with Crippen LogP contribution in [0.4, 0.5) is 17.8 Å². The minimum absolute atomic E-state index is 0.183. The van der Waals surface area contributed by atoms with Crippen LogP contribution >= 0.6 is 0 Å². The first-order valence-electron chi connectivity index (χ1n) is 6.65. The summed E-state index contributed by atoms with van der Waals surface area (Å²) in [7, 11) is 3.83. The second-order valence-corrected chi connectivity index (χ2v) is 4.82. The standard InChI is InChI=1S/C12H22N6O/c1-5-13-10-15-11(17-12(16-10)18(3)4)14-9-6-7-19-8(9)2/h8-9H,5-7H2,1-4H3,(H2,13,14,15,16,17). The Kier molecular flexibility index (Phi) is 4.36. The Morgan fingerprint density at radius 3 is 2.58 bits per heavy atom. The number of anilines is 3. The number of hydrogen-bond acceptors (Lipinski definition) is 7. The van der Waals surface area contributed by atoms with Gasteiger partial charge in [-0.25, -0.2) is 0 Å². The maximum Gasteiger partial charge on any atom is 0.231 e. The highest BCUT2D eigenvalue weighted by Gasteiger charge is 2.25. The lowest BCUT2D eigenvalue weighted by molar-refractivity contribution is 0.121. The summed E-state index contributed by atoms with van der Waals surface area (Å²) in [5.74, 6) is 1.83. The van der Waals surface area contributed by atoms with Gasteiger partial charge >= 0.3 is 0 Å². The smallest absolute Gasteiger partial charge is 0.231 e. The van der Waals surface area contributed by atoms with Crippen LogP contribution < -0.4 is 15.5 Å². The Morgan fingerprint density at radius 2 is 2.00 bits per heavy atom. The van der Waals surface area contributed by atoms with E-state index in [-0.39, 0.29) is 12.1 Å². The molecule has 2 rings (SSSR count). The van der Waals surface area contributed by atoms with Gasteiger partial charge < -0.3 is 20.3 Å². The van der Waals surface area contributed by atoms with Crippen LogP contribution in [0, 0.1) is 0 Å². The van der Waals surface area contributed by atoms with E-state index in [9.17, 15) is 0 Å². The summed E-state index contributed by atoms with van der Waals surface area (Å²) in [6, 6.07) is 0.256. The normalized spacial score (nSPS) is 22.3.